The van der Waals surface area contributed by atoms with Crippen LogP contribution in [-0.4, -0.2) is 36.2 Å². The second kappa shape index (κ2) is 5.71. The summed E-state index contributed by atoms with van der Waals surface area (Å²) in [5.74, 6) is -0.780. The smallest absolute Gasteiger partial charge is 0.314 e. The van der Waals surface area contributed by atoms with Crippen LogP contribution in [0.5, 0.6) is 5.75 Å². The lowest BCUT2D eigenvalue weighted by atomic mass is 9.60. The quantitative estimate of drug-likeness (QED) is 0.828. The van der Waals surface area contributed by atoms with E-state index in [1.54, 1.807) is 0 Å². The van der Waals surface area contributed by atoms with E-state index < -0.39 is 17.2 Å². The van der Waals surface area contributed by atoms with Crippen LogP contribution in [0.4, 0.5) is 0 Å². The van der Waals surface area contributed by atoms with Gasteiger partial charge < -0.3 is 19.3 Å². The summed E-state index contributed by atoms with van der Waals surface area (Å²) < 4.78 is 18.8. The number of hydrogen-bond acceptors (Lipinski definition) is 4. The first-order chi connectivity index (χ1) is 11.5. The molecular weight excluding hydrogens is 376 g/mol. The van der Waals surface area contributed by atoms with Crippen molar-refractivity contribution < 1.29 is 24.1 Å². The van der Waals surface area contributed by atoms with E-state index in [2.05, 4.69) is 15.9 Å². The van der Waals surface area contributed by atoms with Crippen LogP contribution in [0.25, 0.3) is 0 Å². The number of rotatable bonds is 2. The number of fused-ring (bicyclic) bond motifs is 2. The first-order valence-corrected chi connectivity index (χ1v) is 9.28. The highest BCUT2D eigenvalue weighted by Crippen LogP contribution is 2.54. The molecule has 6 heteroatoms. The molecule has 2 aliphatic heterocycles. The van der Waals surface area contributed by atoms with Gasteiger partial charge in [0.2, 0.25) is 0 Å². The summed E-state index contributed by atoms with van der Waals surface area (Å²) in [5.41, 5.74) is -0.153. The molecule has 3 unspecified atom stereocenters. The van der Waals surface area contributed by atoms with Crippen molar-refractivity contribution >= 4 is 21.9 Å². The predicted octanol–water partition coefficient (Wildman–Crippen LogP) is 3.49. The number of carboxylic acid groups (broad SMARTS) is 1. The fourth-order valence-electron chi connectivity index (χ4n) is 4.75. The van der Waals surface area contributed by atoms with E-state index >= 15 is 0 Å². The lowest BCUT2D eigenvalue weighted by molar-refractivity contribution is -0.212. The molecule has 0 bridgehead atoms. The number of ether oxygens (including phenoxy) is 3. The van der Waals surface area contributed by atoms with Crippen LogP contribution in [0.15, 0.2) is 22.7 Å². The minimum Gasteiger partial charge on any atom is -0.490 e. The van der Waals surface area contributed by atoms with Gasteiger partial charge in [0.05, 0.1) is 13.2 Å². The second-order valence-electron chi connectivity index (χ2n) is 6.88. The fraction of sp³-hybridized carbons (Fsp3) is 0.611. The van der Waals surface area contributed by atoms with Crippen molar-refractivity contribution in [1.82, 2.24) is 0 Å². The molecule has 0 radical (unpaired) electrons. The maximum absolute atomic E-state index is 12.4. The molecular formula is C18H21BrO5. The van der Waals surface area contributed by atoms with Crippen LogP contribution in [0.2, 0.25) is 0 Å². The molecule has 1 aromatic carbocycles. The third-order valence-electron chi connectivity index (χ3n) is 5.88. The highest BCUT2D eigenvalue weighted by atomic mass is 79.9. The van der Waals surface area contributed by atoms with Crippen molar-refractivity contribution in [2.75, 3.05) is 13.2 Å². The van der Waals surface area contributed by atoms with Crippen LogP contribution < -0.4 is 4.74 Å². The van der Waals surface area contributed by atoms with Gasteiger partial charge in [-0.05, 0) is 31.0 Å². The minimum absolute atomic E-state index is 0.0831. The van der Waals surface area contributed by atoms with E-state index in [0.717, 1.165) is 22.9 Å². The van der Waals surface area contributed by atoms with Crippen molar-refractivity contribution in [3.63, 3.8) is 0 Å². The third-order valence-corrected chi connectivity index (χ3v) is 6.38. The van der Waals surface area contributed by atoms with Gasteiger partial charge >= 0.3 is 5.97 Å². The average molecular weight is 397 g/mol. The highest BCUT2D eigenvalue weighted by Gasteiger charge is 2.59. The predicted molar refractivity (Wildman–Crippen MR) is 90.1 cm³/mol. The first-order valence-electron chi connectivity index (χ1n) is 8.49. The van der Waals surface area contributed by atoms with Gasteiger partial charge in [-0.1, -0.05) is 22.9 Å². The Hall–Kier alpha value is -1.11. The van der Waals surface area contributed by atoms with Crippen molar-refractivity contribution in [3.8, 4) is 5.75 Å². The van der Waals surface area contributed by atoms with Crippen molar-refractivity contribution in [2.45, 2.75) is 49.9 Å². The Balaban J connectivity index is 1.80. The van der Waals surface area contributed by atoms with E-state index in [1.807, 2.05) is 25.1 Å². The maximum atomic E-state index is 12.4. The Morgan fingerprint density at radius 2 is 2.12 bits per heavy atom. The molecule has 3 atom stereocenters. The summed E-state index contributed by atoms with van der Waals surface area (Å²) in [4.78, 5) is 12.4. The standard InChI is InChI=1S/C18H21BrO5/c1-2-18(16(20)21)12-5-6-17(22-7-8-23-17)10-15(12)24-14-4-3-11(19)9-13(14)18/h3-4,9,12,15H,2,5-8,10H2,1H3,(H,20,21). The molecule has 1 spiro atoms. The summed E-state index contributed by atoms with van der Waals surface area (Å²) >= 11 is 3.47. The zero-order chi connectivity index (χ0) is 16.9. The molecule has 1 aromatic rings. The Morgan fingerprint density at radius 1 is 1.38 bits per heavy atom. The molecule has 1 saturated heterocycles. The fourth-order valence-corrected chi connectivity index (χ4v) is 5.11. The topological polar surface area (TPSA) is 65.0 Å². The molecule has 0 aromatic heterocycles. The molecule has 1 saturated carbocycles. The first kappa shape index (κ1) is 16.4. The Kier molecular flexibility index (Phi) is 3.90. The van der Waals surface area contributed by atoms with E-state index in [9.17, 15) is 9.90 Å². The van der Waals surface area contributed by atoms with E-state index in [0.29, 0.717) is 31.8 Å². The monoisotopic (exact) mass is 396 g/mol. The van der Waals surface area contributed by atoms with Crippen molar-refractivity contribution in [1.29, 1.82) is 0 Å². The Labute approximate surface area is 149 Å². The maximum Gasteiger partial charge on any atom is 0.314 e. The lowest BCUT2D eigenvalue weighted by Gasteiger charge is -2.51. The summed E-state index contributed by atoms with van der Waals surface area (Å²) in [7, 11) is 0. The molecule has 0 amide bonds. The van der Waals surface area contributed by atoms with Crippen LogP contribution >= 0.6 is 15.9 Å². The van der Waals surface area contributed by atoms with Crippen molar-refractivity contribution in [3.05, 3.63) is 28.2 Å². The van der Waals surface area contributed by atoms with Crippen molar-refractivity contribution in [2.24, 2.45) is 5.92 Å². The van der Waals surface area contributed by atoms with Gasteiger partial charge in [-0.25, -0.2) is 0 Å². The molecule has 24 heavy (non-hydrogen) atoms. The molecule has 3 aliphatic rings. The molecule has 130 valence electrons. The number of halogens is 1. The Morgan fingerprint density at radius 3 is 2.79 bits per heavy atom. The third kappa shape index (κ3) is 2.23. The van der Waals surface area contributed by atoms with Gasteiger partial charge in [-0.3, -0.25) is 4.79 Å². The summed E-state index contributed by atoms with van der Waals surface area (Å²) in [5, 5.41) is 10.2. The van der Waals surface area contributed by atoms with Gasteiger partial charge in [0.25, 0.3) is 0 Å². The number of carboxylic acids is 1. The summed E-state index contributed by atoms with van der Waals surface area (Å²) in [6, 6.07) is 5.65. The molecule has 1 aliphatic carbocycles. The SMILES string of the molecule is CCC1(C(=O)O)c2cc(Br)ccc2OC2CC3(CCC21)OCCO3. The van der Waals surface area contributed by atoms with E-state index in [4.69, 9.17) is 14.2 Å². The number of benzene rings is 1. The van der Waals surface area contributed by atoms with Gasteiger partial charge in [0.1, 0.15) is 17.3 Å². The largest absolute Gasteiger partial charge is 0.490 e. The molecule has 4 rings (SSSR count). The van der Waals surface area contributed by atoms with Gasteiger partial charge in [0.15, 0.2) is 5.79 Å². The normalized spacial score (nSPS) is 33.6. The zero-order valence-electron chi connectivity index (χ0n) is 13.6. The van der Waals surface area contributed by atoms with Crippen LogP contribution in [0.3, 0.4) is 0 Å². The lowest BCUT2D eigenvalue weighted by Crippen LogP contribution is -2.57. The molecule has 2 fully saturated rings. The summed E-state index contributed by atoms with van der Waals surface area (Å²) in [6.07, 6.45) is 2.35. The molecule has 1 N–H and O–H groups in total. The Bertz CT molecular complexity index is 669. The van der Waals surface area contributed by atoms with Crippen LogP contribution in [0.1, 0.15) is 38.2 Å². The van der Waals surface area contributed by atoms with Gasteiger partial charge in [-0.15, -0.1) is 0 Å². The molecule has 5 nitrogen and oxygen atoms in total. The van der Waals surface area contributed by atoms with E-state index in [1.165, 1.54) is 0 Å². The van der Waals surface area contributed by atoms with Gasteiger partial charge in [0, 0.05) is 28.8 Å². The minimum atomic E-state index is -0.928. The van der Waals surface area contributed by atoms with Crippen LogP contribution in [0, 0.1) is 5.92 Å². The molecule has 2 heterocycles. The number of aliphatic carboxylic acids is 1. The van der Waals surface area contributed by atoms with E-state index in [-0.39, 0.29) is 12.0 Å². The number of hydrogen-bond donors (Lipinski definition) is 1. The average Bonchev–Trinajstić information content (AvgIpc) is 3.00. The van der Waals surface area contributed by atoms with Crippen LogP contribution in [-0.2, 0) is 19.7 Å². The highest BCUT2D eigenvalue weighted by molar-refractivity contribution is 9.10. The number of carbonyl (C=O) groups is 1. The second-order valence-corrected chi connectivity index (χ2v) is 7.80. The van der Waals surface area contributed by atoms with Gasteiger partial charge in [-0.2, -0.15) is 0 Å². The summed E-state index contributed by atoms with van der Waals surface area (Å²) in [6.45, 7) is 3.14. The zero-order valence-corrected chi connectivity index (χ0v) is 15.2.